The number of esters is 2. The summed E-state index contributed by atoms with van der Waals surface area (Å²) in [6.45, 7) is 6.17. The van der Waals surface area contributed by atoms with E-state index in [0.29, 0.717) is 71.2 Å². The first-order valence-corrected chi connectivity index (χ1v) is 21.4. The second-order valence-corrected chi connectivity index (χ2v) is 14.6. The number of hydrogen-bond donors (Lipinski definition) is 2. The fourth-order valence-electron chi connectivity index (χ4n) is 6.12. The Morgan fingerprint density at radius 3 is 1.22 bits per heavy atom. The van der Waals surface area contributed by atoms with E-state index in [1.807, 2.05) is 12.1 Å². The minimum Gasteiger partial charge on any atom is -0.507 e. The molecule has 0 atom stereocenters. The van der Waals surface area contributed by atoms with Gasteiger partial charge in [0.25, 0.3) is 0 Å². The molecule has 0 radical (unpaired) electrons. The largest absolute Gasteiger partial charge is 0.507 e. The van der Waals surface area contributed by atoms with E-state index in [2.05, 4.69) is 23.8 Å². The zero-order valence-electron chi connectivity index (χ0n) is 34.9. The molecule has 0 saturated heterocycles. The van der Waals surface area contributed by atoms with Crippen LogP contribution in [0.1, 0.15) is 142 Å². The van der Waals surface area contributed by atoms with Crippen LogP contribution < -0.4 is 9.47 Å². The van der Waals surface area contributed by atoms with Crippen molar-refractivity contribution in [3.05, 3.63) is 107 Å². The third-order valence-corrected chi connectivity index (χ3v) is 9.70. The van der Waals surface area contributed by atoms with E-state index in [4.69, 9.17) is 18.9 Å². The molecule has 0 amide bonds. The molecule has 0 bridgehead atoms. The van der Waals surface area contributed by atoms with Crippen LogP contribution in [0.4, 0.5) is 11.4 Å². The average molecular weight is 807 g/mol. The van der Waals surface area contributed by atoms with Crippen molar-refractivity contribution >= 4 is 35.7 Å². The van der Waals surface area contributed by atoms with Gasteiger partial charge in [0.2, 0.25) is 0 Å². The number of nitrogens with zero attached hydrogens (tertiary/aromatic N) is 2. The van der Waals surface area contributed by atoms with Gasteiger partial charge in [0.1, 0.15) is 23.0 Å². The summed E-state index contributed by atoms with van der Waals surface area (Å²) in [5.41, 5.74) is 3.23. The molecule has 59 heavy (non-hydrogen) atoms. The summed E-state index contributed by atoms with van der Waals surface area (Å²) < 4.78 is 22.4. The van der Waals surface area contributed by atoms with Crippen LogP contribution in [0.15, 0.2) is 94.9 Å². The van der Waals surface area contributed by atoms with Gasteiger partial charge in [0.15, 0.2) is 0 Å². The summed E-state index contributed by atoms with van der Waals surface area (Å²) in [7, 11) is 0. The van der Waals surface area contributed by atoms with E-state index in [-0.39, 0.29) is 24.7 Å². The van der Waals surface area contributed by atoms with Crippen LogP contribution in [0.25, 0.3) is 0 Å². The van der Waals surface area contributed by atoms with Crippen LogP contribution in [-0.4, -0.2) is 61.0 Å². The summed E-state index contributed by atoms with van der Waals surface area (Å²) in [4.78, 5) is 33.9. The first-order valence-electron chi connectivity index (χ1n) is 21.4. The van der Waals surface area contributed by atoms with Crippen LogP contribution in [-0.2, 0) is 9.47 Å². The Kier molecular flexibility index (Phi) is 21.2. The highest BCUT2D eigenvalue weighted by atomic mass is 16.5. The molecule has 10 nitrogen and oxygen atoms in total. The third kappa shape index (κ3) is 17.8. The molecule has 0 aliphatic carbocycles. The van der Waals surface area contributed by atoms with Crippen molar-refractivity contribution in [3.63, 3.8) is 0 Å². The van der Waals surface area contributed by atoms with Gasteiger partial charge in [-0.15, -0.1) is 0 Å². The molecular weight excluding hydrogens is 745 g/mol. The van der Waals surface area contributed by atoms with Gasteiger partial charge in [0.05, 0.1) is 48.9 Å². The number of unbranched alkanes of at least 4 members (excludes halogenated alkanes) is 12. The predicted octanol–water partition coefficient (Wildman–Crippen LogP) is 12.3. The molecule has 316 valence electrons. The Balaban J connectivity index is 1.07. The van der Waals surface area contributed by atoms with Gasteiger partial charge in [-0.3, -0.25) is 9.98 Å². The summed E-state index contributed by atoms with van der Waals surface area (Å²) in [5, 5.41) is 20.9. The van der Waals surface area contributed by atoms with Gasteiger partial charge in [-0.05, 0) is 105 Å². The van der Waals surface area contributed by atoms with E-state index in [1.165, 1.54) is 51.4 Å². The first kappa shape index (κ1) is 46.1. The van der Waals surface area contributed by atoms with E-state index < -0.39 is 11.9 Å². The Hall–Kier alpha value is -5.64. The van der Waals surface area contributed by atoms with Crippen molar-refractivity contribution in [2.24, 2.45) is 9.98 Å². The SMILES string of the molecule is CCCCCCCCOc1ccc(C=Nc2ccc(C(=O)OCCCCCOC(=O)c3ccc(N=Cc4ccc(OCCCCCCCC)cc4O)cc3)cc2)c(O)c1. The molecule has 2 N–H and O–H groups in total. The molecule has 0 aliphatic heterocycles. The third-order valence-electron chi connectivity index (χ3n) is 9.70. The lowest BCUT2D eigenvalue weighted by atomic mass is 10.1. The van der Waals surface area contributed by atoms with Gasteiger partial charge < -0.3 is 29.2 Å². The number of aromatic hydroxyl groups is 2. The van der Waals surface area contributed by atoms with Crippen molar-refractivity contribution in [2.45, 2.75) is 110 Å². The van der Waals surface area contributed by atoms with Crippen LogP contribution >= 0.6 is 0 Å². The lowest BCUT2D eigenvalue weighted by Crippen LogP contribution is -2.08. The molecule has 4 aromatic rings. The van der Waals surface area contributed by atoms with E-state index in [1.54, 1.807) is 85.2 Å². The topological polar surface area (TPSA) is 136 Å². The first-order chi connectivity index (χ1) is 28.9. The Labute approximate surface area is 350 Å². The zero-order valence-corrected chi connectivity index (χ0v) is 34.9. The summed E-state index contributed by atoms with van der Waals surface area (Å²) in [5.74, 6) is 0.592. The Morgan fingerprint density at radius 2 is 0.831 bits per heavy atom. The van der Waals surface area contributed by atoms with Gasteiger partial charge in [0, 0.05) is 35.7 Å². The maximum absolute atomic E-state index is 12.5. The van der Waals surface area contributed by atoms with Gasteiger partial charge in [-0.1, -0.05) is 78.1 Å². The lowest BCUT2D eigenvalue weighted by Gasteiger charge is -2.08. The highest BCUT2D eigenvalue weighted by Gasteiger charge is 2.10. The standard InChI is InChI=1S/C49H62N2O8/c1-3-5-7-9-11-14-30-56-44-28-22-40(46(52)34-44)36-50-42-24-18-38(19-25-42)48(54)58-32-16-13-17-33-59-49(55)39-20-26-43(27-21-39)51-37-41-23-29-45(35-47(41)53)57-31-15-12-10-8-6-4-2/h18-29,34-37,52-53H,3-17,30-33H2,1-2H3. The molecule has 0 heterocycles. The van der Waals surface area contributed by atoms with Crippen LogP contribution in [0.3, 0.4) is 0 Å². The van der Waals surface area contributed by atoms with E-state index in [0.717, 1.165) is 32.1 Å². The second-order valence-electron chi connectivity index (χ2n) is 14.6. The summed E-state index contributed by atoms with van der Waals surface area (Å²) in [6, 6.07) is 23.9. The van der Waals surface area contributed by atoms with Crippen molar-refractivity contribution in [1.29, 1.82) is 0 Å². The Bertz CT molecular complexity index is 1750. The molecule has 0 saturated carbocycles. The van der Waals surface area contributed by atoms with E-state index in [9.17, 15) is 19.8 Å². The highest BCUT2D eigenvalue weighted by molar-refractivity contribution is 5.91. The number of carbonyl (C=O) groups is 2. The monoisotopic (exact) mass is 806 g/mol. The van der Waals surface area contributed by atoms with Crippen LogP contribution in [0.2, 0.25) is 0 Å². The molecule has 0 fully saturated rings. The molecular formula is C49H62N2O8. The molecule has 0 spiro atoms. The maximum atomic E-state index is 12.5. The maximum Gasteiger partial charge on any atom is 0.338 e. The van der Waals surface area contributed by atoms with Crippen molar-refractivity contribution in [1.82, 2.24) is 0 Å². The minimum atomic E-state index is -0.424. The number of rotatable bonds is 28. The fourth-order valence-corrected chi connectivity index (χ4v) is 6.12. The molecule has 4 aromatic carbocycles. The number of benzene rings is 4. The smallest absolute Gasteiger partial charge is 0.338 e. The number of aliphatic imine (C=N–C) groups is 2. The number of phenols is 2. The van der Waals surface area contributed by atoms with Crippen molar-refractivity contribution < 1.29 is 38.7 Å². The quantitative estimate of drug-likeness (QED) is 0.0329. The molecule has 10 heteroatoms. The van der Waals surface area contributed by atoms with Crippen molar-refractivity contribution in [3.8, 4) is 23.0 Å². The van der Waals surface area contributed by atoms with E-state index >= 15 is 0 Å². The molecule has 0 unspecified atom stereocenters. The van der Waals surface area contributed by atoms with Crippen LogP contribution in [0.5, 0.6) is 23.0 Å². The minimum absolute atomic E-state index is 0.0887. The molecule has 0 aliphatic rings. The van der Waals surface area contributed by atoms with Gasteiger partial charge in [-0.25, -0.2) is 9.59 Å². The number of hydrogen-bond acceptors (Lipinski definition) is 10. The fraction of sp³-hybridized carbons (Fsp3) is 0.429. The summed E-state index contributed by atoms with van der Waals surface area (Å²) >= 11 is 0. The highest BCUT2D eigenvalue weighted by Crippen LogP contribution is 2.25. The lowest BCUT2D eigenvalue weighted by molar-refractivity contribution is 0.0478. The van der Waals surface area contributed by atoms with Crippen molar-refractivity contribution in [2.75, 3.05) is 26.4 Å². The molecule has 4 rings (SSSR count). The Morgan fingerprint density at radius 1 is 0.475 bits per heavy atom. The number of carbonyl (C=O) groups excluding carboxylic acids is 2. The van der Waals surface area contributed by atoms with Gasteiger partial charge >= 0.3 is 11.9 Å². The molecule has 0 aromatic heterocycles. The zero-order chi connectivity index (χ0) is 41.9. The predicted molar refractivity (Wildman–Crippen MR) is 236 cm³/mol. The number of ether oxygens (including phenoxy) is 4. The normalized spacial score (nSPS) is 11.3. The van der Waals surface area contributed by atoms with Gasteiger partial charge in [-0.2, -0.15) is 0 Å². The number of phenolic OH excluding ortho intramolecular Hbond substituents is 2. The van der Waals surface area contributed by atoms with Crippen LogP contribution in [0, 0.1) is 0 Å². The summed E-state index contributed by atoms with van der Waals surface area (Å²) in [6.07, 6.45) is 19.4. The second kappa shape index (κ2) is 27.1. The average Bonchev–Trinajstić information content (AvgIpc) is 3.25.